The lowest BCUT2D eigenvalue weighted by Crippen LogP contribution is -2.49. The van der Waals surface area contributed by atoms with Gasteiger partial charge in [-0.2, -0.15) is 0 Å². The number of aliphatic hydroxyl groups excluding tert-OH is 1. The van der Waals surface area contributed by atoms with Gasteiger partial charge in [-0.3, -0.25) is 0 Å². The molecule has 32 heavy (non-hydrogen) atoms. The molecule has 0 heterocycles. The fraction of sp³-hybridized carbons (Fsp3) is 0.231. The number of benzene rings is 3. The molecule has 164 valence electrons. The van der Waals surface area contributed by atoms with E-state index in [9.17, 15) is 14.7 Å². The minimum absolute atomic E-state index is 0.0775. The third kappa shape index (κ3) is 4.50. The van der Waals surface area contributed by atoms with Gasteiger partial charge >= 0.3 is 12.1 Å². The van der Waals surface area contributed by atoms with Crippen LogP contribution in [0.15, 0.2) is 78.9 Å². The number of hydrogen-bond acceptors (Lipinski definition) is 5. The number of hydrogen-bond donors (Lipinski definition) is 2. The van der Waals surface area contributed by atoms with Crippen LogP contribution in [0.5, 0.6) is 0 Å². The van der Waals surface area contributed by atoms with E-state index in [4.69, 9.17) is 4.74 Å². The van der Waals surface area contributed by atoms with Crippen LogP contribution in [-0.2, 0) is 20.7 Å². The number of ether oxygens (including phenoxy) is 2. The topological polar surface area (TPSA) is 84.9 Å². The van der Waals surface area contributed by atoms with Crippen molar-refractivity contribution in [3.8, 4) is 11.1 Å². The van der Waals surface area contributed by atoms with Crippen molar-refractivity contribution >= 4 is 12.1 Å². The van der Waals surface area contributed by atoms with E-state index in [2.05, 4.69) is 22.2 Å². The highest BCUT2D eigenvalue weighted by atomic mass is 16.6. The molecule has 2 N–H and O–H groups in total. The van der Waals surface area contributed by atoms with E-state index in [1.807, 2.05) is 66.7 Å². The number of carbonyl (C=O) groups excluding carboxylic acids is 2. The van der Waals surface area contributed by atoms with Crippen molar-refractivity contribution in [1.29, 1.82) is 0 Å². The molecule has 0 saturated heterocycles. The molecule has 0 aliphatic heterocycles. The number of rotatable bonds is 7. The van der Waals surface area contributed by atoms with Gasteiger partial charge in [-0.25, -0.2) is 9.59 Å². The molecule has 2 atom stereocenters. The van der Waals surface area contributed by atoms with Gasteiger partial charge in [0.15, 0.2) is 6.10 Å². The van der Waals surface area contributed by atoms with Gasteiger partial charge in [0.1, 0.15) is 6.61 Å². The number of esters is 1. The van der Waals surface area contributed by atoms with E-state index in [1.54, 1.807) is 0 Å². The van der Waals surface area contributed by atoms with Crippen LogP contribution in [0.1, 0.15) is 22.6 Å². The predicted octanol–water partition coefficient (Wildman–Crippen LogP) is 3.67. The van der Waals surface area contributed by atoms with Crippen LogP contribution >= 0.6 is 0 Å². The number of aliphatic hydroxyl groups is 1. The molecule has 1 aliphatic rings. The largest absolute Gasteiger partial charge is 0.467 e. The molecule has 6 heteroatoms. The van der Waals surface area contributed by atoms with Crippen LogP contribution in [0.4, 0.5) is 4.79 Å². The monoisotopic (exact) mass is 431 g/mol. The Hall–Kier alpha value is -3.64. The van der Waals surface area contributed by atoms with E-state index < -0.39 is 24.2 Å². The Labute approximate surface area is 186 Å². The molecule has 0 radical (unpaired) electrons. The molecule has 0 bridgehead atoms. The fourth-order valence-electron chi connectivity index (χ4n) is 4.19. The van der Waals surface area contributed by atoms with Gasteiger partial charge in [0.2, 0.25) is 0 Å². The fourth-order valence-corrected chi connectivity index (χ4v) is 4.19. The number of carbonyl (C=O) groups is 2. The van der Waals surface area contributed by atoms with Gasteiger partial charge in [0.05, 0.1) is 13.2 Å². The highest BCUT2D eigenvalue weighted by Crippen LogP contribution is 2.44. The SMILES string of the molecule is COC(=O)C(O)[C@H](Cc1ccccc1)NC(=O)OCC1c2ccccc2-c2ccccc21. The molecule has 1 unspecified atom stereocenters. The zero-order valence-electron chi connectivity index (χ0n) is 17.7. The summed E-state index contributed by atoms with van der Waals surface area (Å²) >= 11 is 0. The number of methoxy groups -OCH3 is 1. The van der Waals surface area contributed by atoms with Crippen LogP contribution in [0.3, 0.4) is 0 Å². The van der Waals surface area contributed by atoms with Gasteiger partial charge in [-0.1, -0.05) is 78.9 Å². The average molecular weight is 431 g/mol. The summed E-state index contributed by atoms with van der Waals surface area (Å²) in [7, 11) is 1.19. The van der Waals surface area contributed by atoms with Gasteiger partial charge in [0, 0.05) is 5.92 Å². The summed E-state index contributed by atoms with van der Waals surface area (Å²) in [6, 6.07) is 24.5. The normalized spacial score (nSPS) is 14.1. The standard InChI is InChI=1S/C26H25NO5/c1-31-25(29)24(28)23(15-17-9-3-2-4-10-17)27-26(30)32-16-22-20-13-7-5-11-18(20)19-12-6-8-14-21(19)22/h2-14,22-24,28H,15-16H2,1H3,(H,27,30)/t23-,24?/m0/s1. The summed E-state index contributed by atoms with van der Waals surface area (Å²) in [5.74, 6) is -0.892. The highest BCUT2D eigenvalue weighted by molar-refractivity contribution is 5.79. The molecule has 0 aromatic heterocycles. The molecule has 1 amide bonds. The lowest BCUT2D eigenvalue weighted by Gasteiger charge is -2.23. The first-order chi connectivity index (χ1) is 15.6. The quantitative estimate of drug-likeness (QED) is 0.558. The molecule has 4 rings (SSSR count). The second kappa shape index (κ2) is 9.66. The zero-order chi connectivity index (χ0) is 22.5. The first-order valence-corrected chi connectivity index (χ1v) is 10.5. The zero-order valence-corrected chi connectivity index (χ0v) is 17.7. The molecule has 0 fully saturated rings. The maximum absolute atomic E-state index is 12.6. The van der Waals surface area contributed by atoms with Crippen LogP contribution in [-0.4, -0.2) is 43.0 Å². The maximum atomic E-state index is 12.6. The summed E-state index contributed by atoms with van der Waals surface area (Å²) in [6.07, 6.45) is -1.96. The first-order valence-electron chi connectivity index (χ1n) is 10.5. The van der Waals surface area contributed by atoms with E-state index in [0.717, 1.165) is 27.8 Å². The molecule has 3 aromatic rings. The van der Waals surface area contributed by atoms with E-state index >= 15 is 0 Å². The summed E-state index contributed by atoms with van der Waals surface area (Å²) in [5.41, 5.74) is 5.36. The number of fused-ring (bicyclic) bond motifs is 3. The summed E-state index contributed by atoms with van der Waals surface area (Å²) in [6.45, 7) is 0.145. The first kappa shape index (κ1) is 21.6. The van der Waals surface area contributed by atoms with Crippen molar-refractivity contribution in [1.82, 2.24) is 5.32 Å². The Bertz CT molecular complexity index is 1050. The van der Waals surface area contributed by atoms with Gasteiger partial charge in [-0.15, -0.1) is 0 Å². The minimum Gasteiger partial charge on any atom is -0.467 e. The van der Waals surface area contributed by atoms with E-state index in [0.29, 0.717) is 0 Å². The van der Waals surface area contributed by atoms with Crippen molar-refractivity contribution in [3.05, 3.63) is 95.6 Å². The molecular weight excluding hydrogens is 406 g/mol. The van der Waals surface area contributed by atoms with Crippen LogP contribution in [0, 0.1) is 0 Å². The number of nitrogens with one attached hydrogen (secondary N) is 1. The Balaban J connectivity index is 1.46. The van der Waals surface area contributed by atoms with Crippen molar-refractivity contribution in [2.45, 2.75) is 24.5 Å². The Kier molecular flexibility index (Phi) is 6.52. The lowest BCUT2D eigenvalue weighted by molar-refractivity contribution is -0.151. The van der Waals surface area contributed by atoms with Crippen LogP contribution < -0.4 is 5.32 Å². The predicted molar refractivity (Wildman–Crippen MR) is 120 cm³/mol. The summed E-state index contributed by atoms with van der Waals surface area (Å²) in [5, 5.41) is 13.0. The van der Waals surface area contributed by atoms with Crippen molar-refractivity contribution < 1.29 is 24.2 Å². The Morgan fingerprint density at radius 3 is 2.06 bits per heavy atom. The van der Waals surface area contributed by atoms with Crippen LogP contribution in [0.25, 0.3) is 11.1 Å². The summed E-state index contributed by atoms with van der Waals surface area (Å²) in [4.78, 5) is 24.5. The highest BCUT2D eigenvalue weighted by Gasteiger charge is 2.31. The molecule has 0 spiro atoms. The average Bonchev–Trinajstić information content (AvgIpc) is 3.15. The minimum atomic E-state index is -1.51. The third-order valence-electron chi connectivity index (χ3n) is 5.77. The van der Waals surface area contributed by atoms with Crippen molar-refractivity contribution in [3.63, 3.8) is 0 Å². The van der Waals surface area contributed by atoms with Gasteiger partial charge in [-0.05, 0) is 34.2 Å². The van der Waals surface area contributed by atoms with Crippen molar-refractivity contribution in [2.24, 2.45) is 0 Å². The Morgan fingerprint density at radius 2 is 1.47 bits per heavy atom. The van der Waals surface area contributed by atoms with E-state index in [-0.39, 0.29) is 18.9 Å². The van der Waals surface area contributed by atoms with Gasteiger partial charge in [0.25, 0.3) is 0 Å². The maximum Gasteiger partial charge on any atom is 0.407 e. The third-order valence-corrected chi connectivity index (χ3v) is 5.77. The van der Waals surface area contributed by atoms with Gasteiger partial charge < -0.3 is 19.9 Å². The van der Waals surface area contributed by atoms with E-state index in [1.165, 1.54) is 7.11 Å². The van der Waals surface area contributed by atoms with Crippen molar-refractivity contribution in [2.75, 3.05) is 13.7 Å². The van der Waals surface area contributed by atoms with Crippen LogP contribution in [0.2, 0.25) is 0 Å². The number of alkyl carbamates (subject to hydrolysis) is 1. The second-order valence-electron chi connectivity index (χ2n) is 7.73. The number of amides is 1. The lowest BCUT2D eigenvalue weighted by atomic mass is 9.98. The molecular formula is C26H25NO5. The Morgan fingerprint density at radius 1 is 0.906 bits per heavy atom. The molecule has 1 aliphatic carbocycles. The smallest absolute Gasteiger partial charge is 0.407 e. The summed E-state index contributed by atoms with van der Waals surface area (Å²) < 4.78 is 10.2. The second-order valence-corrected chi connectivity index (χ2v) is 7.73. The molecule has 0 saturated carbocycles. The molecule has 3 aromatic carbocycles. The molecule has 6 nitrogen and oxygen atoms in total.